The number of benzene rings is 1. The molecule has 1 fully saturated rings. The van der Waals surface area contributed by atoms with Crippen molar-refractivity contribution in [2.45, 2.75) is 25.3 Å². The van der Waals surface area contributed by atoms with Crippen LogP contribution in [0.15, 0.2) is 30.3 Å². The van der Waals surface area contributed by atoms with E-state index in [-0.39, 0.29) is 19.0 Å². The molecule has 0 bridgehead atoms. The zero-order valence-corrected chi connectivity index (χ0v) is 12.7. The minimum absolute atomic E-state index is 0.0448. The molecule has 0 heterocycles. The number of hydrogen-bond donors (Lipinski definition) is 2. The molecule has 1 saturated carbocycles. The van der Waals surface area contributed by atoms with Crippen LogP contribution in [0, 0.1) is 5.92 Å². The summed E-state index contributed by atoms with van der Waals surface area (Å²) >= 11 is 0. The summed E-state index contributed by atoms with van der Waals surface area (Å²) in [5, 5.41) is 8.64. The summed E-state index contributed by atoms with van der Waals surface area (Å²) in [6.07, 6.45) is 1.79. The van der Waals surface area contributed by atoms with Crippen LogP contribution in [-0.2, 0) is 15.0 Å². The lowest BCUT2D eigenvalue weighted by molar-refractivity contribution is -0.137. The van der Waals surface area contributed by atoms with Crippen LogP contribution < -0.4 is 4.72 Å². The van der Waals surface area contributed by atoms with E-state index in [4.69, 9.17) is 5.11 Å². The van der Waals surface area contributed by atoms with Gasteiger partial charge in [0.2, 0.25) is 0 Å². The van der Waals surface area contributed by atoms with Crippen LogP contribution in [0.2, 0.25) is 0 Å². The number of nitrogens with one attached hydrogen (secondary N) is 1. The van der Waals surface area contributed by atoms with Gasteiger partial charge in [0, 0.05) is 13.6 Å². The Labute approximate surface area is 125 Å². The van der Waals surface area contributed by atoms with Gasteiger partial charge in [-0.25, -0.2) is 0 Å². The molecule has 7 heteroatoms. The van der Waals surface area contributed by atoms with Gasteiger partial charge in [-0.15, -0.1) is 0 Å². The van der Waals surface area contributed by atoms with Gasteiger partial charge in [0.25, 0.3) is 10.2 Å². The van der Waals surface area contributed by atoms with Crippen LogP contribution in [0.25, 0.3) is 0 Å². The Balaban J connectivity index is 2.07. The third-order valence-corrected chi connectivity index (χ3v) is 5.13. The summed E-state index contributed by atoms with van der Waals surface area (Å²) in [6.45, 7) is -0.0448. The van der Waals surface area contributed by atoms with Gasteiger partial charge in [0.1, 0.15) is 0 Å². The number of carbonyl (C=O) groups is 1. The Morgan fingerprint density at radius 3 is 2.52 bits per heavy atom. The van der Waals surface area contributed by atoms with E-state index in [1.165, 1.54) is 7.05 Å². The van der Waals surface area contributed by atoms with Gasteiger partial charge in [-0.1, -0.05) is 30.3 Å². The van der Waals surface area contributed by atoms with Crippen LogP contribution in [-0.4, -0.2) is 37.4 Å². The van der Waals surface area contributed by atoms with Crippen molar-refractivity contribution in [1.82, 2.24) is 9.03 Å². The maximum absolute atomic E-state index is 12.3. The largest absolute Gasteiger partial charge is 0.481 e. The molecule has 0 radical (unpaired) electrons. The Kier molecular flexibility index (Phi) is 4.97. The highest BCUT2D eigenvalue weighted by Crippen LogP contribution is 2.41. The number of nitrogens with zero attached hydrogens (tertiary/aromatic N) is 1. The Bertz CT molecular complexity index is 584. The van der Waals surface area contributed by atoms with Gasteiger partial charge >= 0.3 is 5.97 Å². The van der Waals surface area contributed by atoms with E-state index >= 15 is 0 Å². The lowest BCUT2D eigenvalue weighted by atomic mass is 10.0. The van der Waals surface area contributed by atoms with Crippen LogP contribution in [0.4, 0.5) is 0 Å². The van der Waals surface area contributed by atoms with Crippen molar-refractivity contribution >= 4 is 16.2 Å². The zero-order chi connectivity index (χ0) is 15.5. The third-order valence-electron chi connectivity index (χ3n) is 3.58. The van der Waals surface area contributed by atoms with E-state index in [0.717, 1.165) is 22.7 Å². The van der Waals surface area contributed by atoms with Gasteiger partial charge in [0.15, 0.2) is 0 Å². The van der Waals surface area contributed by atoms with Crippen molar-refractivity contribution in [3.63, 3.8) is 0 Å². The van der Waals surface area contributed by atoms with Crippen LogP contribution in [0.1, 0.15) is 30.9 Å². The van der Waals surface area contributed by atoms with Crippen molar-refractivity contribution in [3.05, 3.63) is 35.9 Å². The molecule has 21 heavy (non-hydrogen) atoms. The standard InChI is InChI=1S/C14H20N2O4S/c1-16(10-9-13(17)18)21(19,20)15-14(12-7-8-12)11-5-3-2-4-6-11/h2-6,12,14-15H,7-10H2,1H3,(H,17,18). The Morgan fingerprint density at radius 2 is 2.00 bits per heavy atom. The summed E-state index contributed by atoms with van der Waals surface area (Å²) in [5.41, 5.74) is 0.940. The van der Waals surface area contributed by atoms with Gasteiger partial charge in [0.05, 0.1) is 12.5 Å². The molecule has 1 aliphatic rings. The molecule has 1 unspecified atom stereocenters. The molecule has 0 saturated heterocycles. The predicted octanol–water partition coefficient (Wildman–Crippen LogP) is 1.38. The SMILES string of the molecule is CN(CCC(=O)O)S(=O)(=O)NC(c1ccccc1)C1CC1. The van der Waals surface area contributed by atoms with Crippen LogP contribution in [0.5, 0.6) is 0 Å². The quantitative estimate of drug-likeness (QED) is 0.759. The molecule has 6 nitrogen and oxygen atoms in total. The first kappa shape index (κ1) is 15.9. The molecule has 0 aliphatic heterocycles. The third kappa shape index (κ3) is 4.52. The molecule has 1 aliphatic carbocycles. The molecule has 1 aromatic rings. The Hall–Kier alpha value is -1.44. The van der Waals surface area contributed by atoms with Gasteiger partial charge in [-0.2, -0.15) is 17.4 Å². The maximum atomic E-state index is 12.3. The summed E-state index contributed by atoms with van der Waals surface area (Å²) in [7, 11) is -2.30. The first-order valence-electron chi connectivity index (χ1n) is 6.90. The number of carboxylic acids is 1. The lowest BCUT2D eigenvalue weighted by Crippen LogP contribution is -2.41. The monoisotopic (exact) mass is 312 g/mol. The van der Waals surface area contributed by atoms with E-state index in [2.05, 4.69) is 4.72 Å². The van der Waals surface area contributed by atoms with E-state index < -0.39 is 16.2 Å². The molecule has 2 N–H and O–H groups in total. The number of rotatable bonds is 8. The van der Waals surface area contributed by atoms with Gasteiger partial charge < -0.3 is 5.11 Å². The average molecular weight is 312 g/mol. The number of carboxylic acid groups (broad SMARTS) is 1. The number of aliphatic carboxylic acids is 1. The summed E-state index contributed by atoms with van der Waals surface area (Å²) in [4.78, 5) is 10.6. The van der Waals surface area contributed by atoms with Crippen molar-refractivity contribution < 1.29 is 18.3 Å². The van der Waals surface area contributed by atoms with Crippen molar-refractivity contribution in [2.24, 2.45) is 5.92 Å². The second-order valence-electron chi connectivity index (χ2n) is 5.31. The minimum Gasteiger partial charge on any atom is -0.481 e. The fraction of sp³-hybridized carbons (Fsp3) is 0.500. The van der Waals surface area contributed by atoms with Gasteiger partial charge in [-0.3, -0.25) is 4.79 Å². The summed E-state index contributed by atoms with van der Waals surface area (Å²) in [5.74, 6) is -0.700. The zero-order valence-electron chi connectivity index (χ0n) is 11.9. The summed E-state index contributed by atoms with van der Waals surface area (Å²) in [6, 6.07) is 9.22. The fourth-order valence-electron chi connectivity index (χ4n) is 2.15. The molecule has 1 aromatic carbocycles. The molecule has 2 rings (SSSR count). The maximum Gasteiger partial charge on any atom is 0.304 e. The highest BCUT2D eigenvalue weighted by Gasteiger charge is 2.35. The number of hydrogen-bond acceptors (Lipinski definition) is 3. The Morgan fingerprint density at radius 1 is 1.38 bits per heavy atom. The molecular weight excluding hydrogens is 292 g/mol. The highest BCUT2D eigenvalue weighted by atomic mass is 32.2. The van der Waals surface area contributed by atoms with Crippen molar-refractivity contribution in [3.8, 4) is 0 Å². The predicted molar refractivity (Wildman–Crippen MR) is 78.8 cm³/mol. The van der Waals surface area contributed by atoms with E-state index in [0.29, 0.717) is 5.92 Å². The highest BCUT2D eigenvalue weighted by molar-refractivity contribution is 7.87. The van der Waals surface area contributed by atoms with Gasteiger partial charge in [-0.05, 0) is 24.3 Å². The first-order chi connectivity index (χ1) is 9.90. The second-order valence-corrected chi connectivity index (χ2v) is 7.12. The average Bonchev–Trinajstić information content (AvgIpc) is 3.27. The molecule has 0 aromatic heterocycles. The first-order valence-corrected chi connectivity index (χ1v) is 8.34. The minimum atomic E-state index is -3.69. The van der Waals surface area contributed by atoms with Crippen LogP contribution in [0.3, 0.4) is 0 Å². The normalized spacial score (nSPS) is 16.9. The topological polar surface area (TPSA) is 86.7 Å². The summed E-state index contributed by atoms with van der Waals surface area (Å²) < 4.78 is 28.3. The molecule has 0 amide bonds. The van der Waals surface area contributed by atoms with E-state index in [1.807, 2.05) is 30.3 Å². The van der Waals surface area contributed by atoms with E-state index in [1.54, 1.807) is 0 Å². The molecule has 1 atom stereocenters. The second kappa shape index (κ2) is 6.55. The smallest absolute Gasteiger partial charge is 0.304 e. The van der Waals surface area contributed by atoms with Crippen molar-refractivity contribution in [2.75, 3.05) is 13.6 Å². The van der Waals surface area contributed by atoms with Crippen molar-refractivity contribution in [1.29, 1.82) is 0 Å². The molecule has 0 spiro atoms. The fourth-order valence-corrected chi connectivity index (χ4v) is 3.31. The van der Waals surface area contributed by atoms with Crippen LogP contribution >= 0.6 is 0 Å². The molecular formula is C14H20N2O4S. The molecule has 116 valence electrons. The van der Waals surface area contributed by atoms with E-state index in [9.17, 15) is 13.2 Å². The lowest BCUT2D eigenvalue weighted by Gasteiger charge is -2.23.